The molecule has 2 heterocycles. The largest absolute Gasteiger partial charge is 0.393 e. The molecule has 0 spiro atoms. The number of carbonyl (C=O) groups excluding carboxylic acids is 6. The lowest BCUT2D eigenvalue weighted by molar-refractivity contribution is -0.155. The van der Waals surface area contributed by atoms with E-state index in [9.17, 15) is 28.8 Å². The first kappa shape index (κ1) is 24.1. The lowest BCUT2D eigenvalue weighted by Crippen LogP contribution is -2.29. The summed E-state index contributed by atoms with van der Waals surface area (Å²) in [4.78, 5) is 72.0. The molecule has 0 aromatic heterocycles. The summed E-state index contributed by atoms with van der Waals surface area (Å²) in [6.45, 7) is 0. The third kappa shape index (κ3) is 5.03. The van der Waals surface area contributed by atoms with E-state index < -0.39 is 35.7 Å². The van der Waals surface area contributed by atoms with Gasteiger partial charge in [0.25, 0.3) is 0 Å². The monoisotopic (exact) mass is 496 g/mol. The highest BCUT2D eigenvalue weighted by atomic mass is 16.6. The Balaban J connectivity index is 1.06. The topological polar surface area (TPSA) is 145 Å². The molecule has 4 fully saturated rings. The SMILES string of the molecule is O=C(CC1CCC2C(=O)OC(=O)C2C1)Nc1ccc(NC(=O)CC2CCC3C(=O)OC(=O)C3C2)cc1. The molecule has 1 aromatic carbocycles. The van der Waals surface area contributed by atoms with Crippen molar-refractivity contribution < 1.29 is 38.2 Å². The summed E-state index contributed by atoms with van der Waals surface area (Å²) >= 11 is 0. The number of esters is 4. The first-order valence-electron chi connectivity index (χ1n) is 12.5. The molecule has 4 aliphatic rings. The van der Waals surface area contributed by atoms with Crippen molar-refractivity contribution in [2.24, 2.45) is 35.5 Å². The quantitative estimate of drug-likeness (QED) is 0.452. The lowest BCUT2D eigenvalue weighted by atomic mass is 9.74. The Morgan fingerprint density at radius 2 is 0.972 bits per heavy atom. The fraction of sp³-hybridized carbons (Fsp3) is 0.538. The van der Waals surface area contributed by atoms with Crippen LogP contribution in [0.5, 0.6) is 0 Å². The Morgan fingerprint density at radius 3 is 1.36 bits per heavy atom. The summed E-state index contributed by atoms with van der Waals surface area (Å²) in [5.41, 5.74) is 1.18. The fourth-order valence-corrected chi connectivity index (χ4v) is 6.06. The van der Waals surface area contributed by atoms with Gasteiger partial charge < -0.3 is 20.1 Å². The normalized spacial score (nSPS) is 31.2. The van der Waals surface area contributed by atoms with Gasteiger partial charge in [0.2, 0.25) is 11.8 Å². The molecule has 36 heavy (non-hydrogen) atoms. The Kier molecular flexibility index (Phi) is 6.59. The van der Waals surface area contributed by atoms with E-state index >= 15 is 0 Å². The molecule has 2 N–H and O–H groups in total. The third-order valence-electron chi connectivity index (χ3n) is 7.93. The predicted molar refractivity (Wildman–Crippen MR) is 124 cm³/mol. The number of rotatable bonds is 6. The van der Waals surface area contributed by atoms with Crippen LogP contribution in [0.3, 0.4) is 0 Å². The molecule has 10 nitrogen and oxygen atoms in total. The smallest absolute Gasteiger partial charge is 0.317 e. The lowest BCUT2D eigenvalue weighted by Gasteiger charge is -2.27. The van der Waals surface area contributed by atoms with Crippen molar-refractivity contribution >= 4 is 47.1 Å². The Morgan fingerprint density at radius 1 is 0.611 bits per heavy atom. The van der Waals surface area contributed by atoms with E-state index in [1.807, 2.05) is 0 Å². The summed E-state index contributed by atoms with van der Waals surface area (Å²) in [6.07, 6.45) is 3.99. The number of amides is 2. The molecular formula is C26H28N2O8. The summed E-state index contributed by atoms with van der Waals surface area (Å²) in [7, 11) is 0. The molecule has 190 valence electrons. The number of nitrogens with one attached hydrogen (secondary N) is 2. The number of hydrogen-bond donors (Lipinski definition) is 2. The standard InChI is InChI=1S/C26H28N2O8/c29-21(11-13-1-7-17-19(9-13)25(33)35-23(17)31)27-15-3-5-16(6-4-15)28-22(30)12-14-2-8-18-20(10-14)26(34)36-24(18)32/h3-6,13-14,17-20H,1-2,7-12H2,(H,27,29)(H,28,30). The van der Waals surface area contributed by atoms with Crippen LogP contribution in [0.25, 0.3) is 0 Å². The van der Waals surface area contributed by atoms with Gasteiger partial charge in [-0.1, -0.05) is 0 Å². The number of ether oxygens (including phenoxy) is 2. The van der Waals surface area contributed by atoms with Crippen LogP contribution in [0.4, 0.5) is 11.4 Å². The maximum atomic E-state index is 12.5. The number of carbonyl (C=O) groups is 6. The Bertz CT molecular complexity index is 1030. The van der Waals surface area contributed by atoms with Crippen LogP contribution in [-0.2, 0) is 38.2 Å². The maximum absolute atomic E-state index is 12.5. The Labute approximate surface area is 207 Å². The van der Waals surface area contributed by atoms with Gasteiger partial charge in [-0.15, -0.1) is 0 Å². The van der Waals surface area contributed by atoms with Gasteiger partial charge in [-0.3, -0.25) is 28.8 Å². The van der Waals surface area contributed by atoms with E-state index in [1.165, 1.54) is 0 Å². The van der Waals surface area contributed by atoms with Crippen LogP contribution in [-0.4, -0.2) is 35.7 Å². The molecule has 2 aliphatic carbocycles. The zero-order chi connectivity index (χ0) is 25.4. The van der Waals surface area contributed by atoms with Crippen molar-refractivity contribution in [2.75, 3.05) is 10.6 Å². The van der Waals surface area contributed by atoms with E-state index in [0.29, 0.717) is 49.9 Å². The molecule has 2 aliphatic heterocycles. The van der Waals surface area contributed by atoms with Crippen molar-refractivity contribution in [3.63, 3.8) is 0 Å². The van der Waals surface area contributed by atoms with Crippen molar-refractivity contribution in [1.29, 1.82) is 0 Å². The molecule has 2 saturated carbocycles. The van der Waals surface area contributed by atoms with Crippen LogP contribution in [0.1, 0.15) is 51.4 Å². The molecule has 2 saturated heterocycles. The van der Waals surface area contributed by atoms with Gasteiger partial charge in [0.15, 0.2) is 0 Å². The highest BCUT2D eigenvalue weighted by Gasteiger charge is 2.48. The minimum Gasteiger partial charge on any atom is -0.393 e. The van der Waals surface area contributed by atoms with Crippen molar-refractivity contribution in [3.8, 4) is 0 Å². The molecular weight excluding hydrogens is 468 g/mol. The first-order valence-corrected chi connectivity index (χ1v) is 12.5. The Hall–Kier alpha value is -3.56. The second kappa shape index (κ2) is 9.83. The molecule has 1 aromatic rings. The summed E-state index contributed by atoms with van der Waals surface area (Å²) < 4.78 is 9.45. The number of hydrogen-bond acceptors (Lipinski definition) is 8. The molecule has 10 heteroatoms. The average Bonchev–Trinajstić information content (AvgIpc) is 3.28. The number of anilines is 2. The third-order valence-corrected chi connectivity index (χ3v) is 7.93. The second-order valence-electron chi connectivity index (χ2n) is 10.3. The van der Waals surface area contributed by atoms with Crippen LogP contribution in [0.2, 0.25) is 0 Å². The summed E-state index contributed by atoms with van der Waals surface area (Å²) in [6, 6.07) is 6.79. The van der Waals surface area contributed by atoms with Crippen molar-refractivity contribution in [1.82, 2.24) is 0 Å². The molecule has 5 rings (SSSR count). The highest BCUT2D eigenvalue weighted by Crippen LogP contribution is 2.41. The van der Waals surface area contributed by atoms with Crippen molar-refractivity contribution in [2.45, 2.75) is 51.4 Å². The van der Waals surface area contributed by atoms with Gasteiger partial charge in [0.1, 0.15) is 0 Å². The van der Waals surface area contributed by atoms with Gasteiger partial charge >= 0.3 is 23.9 Å². The van der Waals surface area contributed by atoms with Crippen LogP contribution >= 0.6 is 0 Å². The summed E-state index contributed by atoms with van der Waals surface area (Å²) in [5.74, 6) is -3.74. The molecule has 0 radical (unpaired) electrons. The van der Waals surface area contributed by atoms with Gasteiger partial charge in [0, 0.05) is 24.2 Å². The fourth-order valence-electron chi connectivity index (χ4n) is 6.06. The molecule has 6 unspecified atom stereocenters. The van der Waals surface area contributed by atoms with Gasteiger partial charge in [0.05, 0.1) is 23.7 Å². The zero-order valence-corrected chi connectivity index (χ0v) is 19.7. The van der Waals surface area contributed by atoms with E-state index in [-0.39, 0.29) is 48.3 Å². The molecule has 6 atom stereocenters. The van der Waals surface area contributed by atoms with Crippen LogP contribution in [0, 0.1) is 35.5 Å². The van der Waals surface area contributed by atoms with Crippen LogP contribution < -0.4 is 10.6 Å². The number of fused-ring (bicyclic) bond motifs is 2. The maximum Gasteiger partial charge on any atom is 0.317 e. The summed E-state index contributed by atoms with van der Waals surface area (Å²) in [5, 5.41) is 5.68. The van der Waals surface area contributed by atoms with E-state index in [0.717, 1.165) is 0 Å². The molecule has 0 bridgehead atoms. The highest BCUT2D eigenvalue weighted by molar-refractivity contribution is 5.97. The van der Waals surface area contributed by atoms with E-state index in [4.69, 9.17) is 9.47 Å². The average molecular weight is 497 g/mol. The first-order chi connectivity index (χ1) is 17.3. The van der Waals surface area contributed by atoms with E-state index in [2.05, 4.69) is 10.6 Å². The number of benzene rings is 1. The van der Waals surface area contributed by atoms with Gasteiger partial charge in [-0.2, -0.15) is 0 Å². The minimum atomic E-state index is -0.475. The van der Waals surface area contributed by atoms with Crippen molar-refractivity contribution in [3.05, 3.63) is 24.3 Å². The van der Waals surface area contributed by atoms with Crippen LogP contribution in [0.15, 0.2) is 24.3 Å². The predicted octanol–water partition coefficient (Wildman–Crippen LogP) is 2.58. The number of cyclic esters (lactones) is 4. The van der Waals surface area contributed by atoms with Gasteiger partial charge in [-0.25, -0.2) is 0 Å². The second-order valence-corrected chi connectivity index (χ2v) is 10.3. The molecule has 2 amide bonds. The van der Waals surface area contributed by atoms with Gasteiger partial charge in [-0.05, 0) is 74.6 Å². The van der Waals surface area contributed by atoms with E-state index in [1.54, 1.807) is 24.3 Å². The zero-order valence-electron chi connectivity index (χ0n) is 19.7. The minimum absolute atomic E-state index is 0.0162.